The molecule has 1 saturated heterocycles. The van der Waals surface area contributed by atoms with Gasteiger partial charge in [0, 0.05) is 19.2 Å². The van der Waals surface area contributed by atoms with Gasteiger partial charge in [0.1, 0.15) is 0 Å². The second-order valence-electron chi connectivity index (χ2n) is 6.82. The summed E-state index contributed by atoms with van der Waals surface area (Å²) in [6.45, 7) is 5.90. The number of nitrogens with one attached hydrogen (secondary N) is 1. The molecule has 106 valence electrons. The summed E-state index contributed by atoms with van der Waals surface area (Å²) in [5.41, 5.74) is -0.471. The predicted octanol–water partition coefficient (Wildman–Crippen LogP) is 2.62. The third kappa shape index (κ3) is 4.22. The van der Waals surface area contributed by atoms with Crippen molar-refractivity contribution in [2.45, 2.75) is 82.5 Å². The summed E-state index contributed by atoms with van der Waals surface area (Å²) < 4.78 is 5.73. The van der Waals surface area contributed by atoms with Gasteiger partial charge in [0.2, 0.25) is 0 Å². The average Bonchev–Trinajstić information content (AvgIpc) is 2.51. The van der Waals surface area contributed by atoms with Crippen molar-refractivity contribution in [3.8, 4) is 0 Å². The van der Waals surface area contributed by atoms with Crippen molar-refractivity contribution < 1.29 is 9.84 Å². The smallest absolute Gasteiger partial charge is 0.0771 e. The molecule has 2 fully saturated rings. The largest absolute Gasteiger partial charge is 0.389 e. The Kier molecular flexibility index (Phi) is 4.68. The van der Waals surface area contributed by atoms with Gasteiger partial charge in [-0.05, 0) is 39.5 Å². The fourth-order valence-corrected chi connectivity index (χ4v) is 3.30. The van der Waals surface area contributed by atoms with Gasteiger partial charge in [0.25, 0.3) is 0 Å². The van der Waals surface area contributed by atoms with E-state index in [1.807, 2.05) is 0 Å². The van der Waals surface area contributed by atoms with Gasteiger partial charge in [-0.2, -0.15) is 0 Å². The molecule has 1 aliphatic carbocycles. The average molecular weight is 255 g/mol. The Bertz CT molecular complexity index is 257. The van der Waals surface area contributed by atoms with Crippen molar-refractivity contribution in [3.05, 3.63) is 0 Å². The van der Waals surface area contributed by atoms with Crippen molar-refractivity contribution in [1.29, 1.82) is 0 Å². The van der Waals surface area contributed by atoms with Crippen LogP contribution in [0.2, 0.25) is 0 Å². The Hall–Kier alpha value is -0.120. The van der Waals surface area contributed by atoms with Gasteiger partial charge in [-0.15, -0.1) is 0 Å². The Morgan fingerprint density at radius 2 is 1.83 bits per heavy atom. The van der Waals surface area contributed by atoms with Gasteiger partial charge in [0.15, 0.2) is 0 Å². The van der Waals surface area contributed by atoms with Crippen molar-refractivity contribution in [3.63, 3.8) is 0 Å². The highest BCUT2D eigenvalue weighted by Gasteiger charge is 2.32. The Morgan fingerprint density at radius 1 is 1.17 bits per heavy atom. The first-order valence-electron chi connectivity index (χ1n) is 7.59. The Labute approximate surface area is 111 Å². The van der Waals surface area contributed by atoms with Gasteiger partial charge in [-0.1, -0.05) is 25.7 Å². The van der Waals surface area contributed by atoms with E-state index in [2.05, 4.69) is 19.2 Å². The maximum absolute atomic E-state index is 10.6. The first-order chi connectivity index (χ1) is 8.49. The maximum Gasteiger partial charge on any atom is 0.0771 e. The van der Waals surface area contributed by atoms with E-state index in [0.29, 0.717) is 6.04 Å². The molecule has 18 heavy (non-hydrogen) atoms. The van der Waals surface area contributed by atoms with Crippen LogP contribution in [-0.2, 0) is 4.74 Å². The zero-order chi connectivity index (χ0) is 13.1. The number of aliphatic hydroxyl groups is 1. The second kappa shape index (κ2) is 5.89. The van der Waals surface area contributed by atoms with Crippen molar-refractivity contribution in [1.82, 2.24) is 5.32 Å². The quantitative estimate of drug-likeness (QED) is 0.762. The lowest BCUT2D eigenvalue weighted by Crippen LogP contribution is -2.49. The van der Waals surface area contributed by atoms with Gasteiger partial charge < -0.3 is 15.2 Å². The minimum Gasteiger partial charge on any atom is -0.389 e. The summed E-state index contributed by atoms with van der Waals surface area (Å²) in [6, 6.07) is 0.501. The van der Waals surface area contributed by atoms with Crippen molar-refractivity contribution in [2.24, 2.45) is 0 Å². The van der Waals surface area contributed by atoms with Gasteiger partial charge >= 0.3 is 0 Å². The molecule has 2 aliphatic rings. The maximum atomic E-state index is 10.6. The van der Waals surface area contributed by atoms with E-state index >= 15 is 0 Å². The highest BCUT2D eigenvalue weighted by Crippen LogP contribution is 2.28. The molecule has 2 rings (SSSR count). The SMILES string of the molecule is CC1(C)CC(NCC2(O)CCCCCC2)CCO1. The topological polar surface area (TPSA) is 41.5 Å². The summed E-state index contributed by atoms with van der Waals surface area (Å²) >= 11 is 0. The van der Waals surface area contributed by atoms with Crippen LogP contribution in [0.15, 0.2) is 0 Å². The normalized spacial score (nSPS) is 31.8. The molecular weight excluding hydrogens is 226 g/mol. The van der Waals surface area contributed by atoms with E-state index in [-0.39, 0.29) is 5.60 Å². The van der Waals surface area contributed by atoms with Crippen LogP contribution in [0.5, 0.6) is 0 Å². The fraction of sp³-hybridized carbons (Fsp3) is 1.00. The van der Waals surface area contributed by atoms with E-state index < -0.39 is 5.60 Å². The fourth-order valence-electron chi connectivity index (χ4n) is 3.30. The number of hydrogen-bond donors (Lipinski definition) is 2. The molecule has 0 aromatic carbocycles. The lowest BCUT2D eigenvalue weighted by atomic mass is 9.91. The lowest BCUT2D eigenvalue weighted by molar-refractivity contribution is -0.0669. The lowest BCUT2D eigenvalue weighted by Gasteiger charge is -2.38. The van der Waals surface area contributed by atoms with E-state index in [1.54, 1.807) is 0 Å². The molecule has 0 amide bonds. The molecule has 1 unspecified atom stereocenters. The van der Waals surface area contributed by atoms with Gasteiger partial charge in [0.05, 0.1) is 11.2 Å². The molecule has 1 saturated carbocycles. The molecule has 0 spiro atoms. The van der Waals surface area contributed by atoms with E-state index in [0.717, 1.165) is 38.8 Å². The van der Waals surface area contributed by atoms with E-state index in [9.17, 15) is 5.11 Å². The first kappa shape index (κ1) is 14.3. The molecule has 3 nitrogen and oxygen atoms in total. The van der Waals surface area contributed by atoms with Crippen LogP contribution in [-0.4, -0.2) is 35.5 Å². The first-order valence-corrected chi connectivity index (χ1v) is 7.59. The van der Waals surface area contributed by atoms with Crippen LogP contribution < -0.4 is 5.32 Å². The predicted molar refractivity (Wildman–Crippen MR) is 73.7 cm³/mol. The molecule has 1 heterocycles. The Morgan fingerprint density at radius 3 is 2.44 bits per heavy atom. The molecule has 0 aromatic rings. The molecule has 1 aliphatic heterocycles. The van der Waals surface area contributed by atoms with Gasteiger partial charge in [-0.25, -0.2) is 0 Å². The monoisotopic (exact) mass is 255 g/mol. The highest BCUT2D eigenvalue weighted by atomic mass is 16.5. The molecular formula is C15H29NO2. The number of ether oxygens (including phenoxy) is 1. The molecule has 0 radical (unpaired) electrons. The molecule has 0 bridgehead atoms. The molecule has 2 N–H and O–H groups in total. The number of hydrogen-bond acceptors (Lipinski definition) is 3. The summed E-state index contributed by atoms with van der Waals surface area (Å²) in [7, 11) is 0. The third-order valence-electron chi connectivity index (χ3n) is 4.45. The summed E-state index contributed by atoms with van der Waals surface area (Å²) in [6.07, 6.45) is 8.97. The molecule has 1 atom stereocenters. The standard InChI is InChI=1S/C15H29NO2/c1-14(2)11-13(7-10-18-14)16-12-15(17)8-5-3-4-6-9-15/h13,16-17H,3-12H2,1-2H3. The summed E-state index contributed by atoms with van der Waals surface area (Å²) in [5.74, 6) is 0. The van der Waals surface area contributed by atoms with Crippen LogP contribution in [0.4, 0.5) is 0 Å². The van der Waals surface area contributed by atoms with Crippen molar-refractivity contribution in [2.75, 3.05) is 13.2 Å². The van der Waals surface area contributed by atoms with E-state index in [1.165, 1.54) is 25.7 Å². The summed E-state index contributed by atoms with van der Waals surface area (Å²) in [4.78, 5) is 0. The Balaban J connectivity index is 1.79. The van der Waals surface area contributed by atoms with Crippen LogP contribution in [0, 0.1) is 0 Å². The molecule has 0 aromatic heterocycles. The second-order valence-corrected chi connectivity index (χ2v) is 6.82. The molecule has 3 heteroatoms. The summed E-state index contributed by atoms with van der Waals surface area (Å²) in [5, 5.41) is 14.2. The van der Waals surface area contributed by atoms with Gasteiger partial charge in [-0.3, -0.25) is 0 Å². The number of rotatable bonds is 3. The third-order valence-corrected chi connectivity index (χ3v) is 4.45. The van der Waals surface area contributed by atoms with Crippen LogP contribution in [0.1, 0.15) is 65.2 Å². The minimum atomic E-state index is -0.459. The van der Waals surface area contributed by atoms with E-state index in [4.69, 9.17) is 4.74 Å². The van der Waals surface area contributed by atoms with Crippen LogP contribution >= 0.6 is 0 Å². The van der Waals surface area contributed by atoms with Crippen molar-refractivity contribution >= 4 is 0 Å². The minimum absolute atomic E-state index is 0.0119. The zero-order valence-electron chi connectivity index (χ0n) is 12.0. The van der Waals surface area contributed by atoms with Crippen LogP contribution in [0.25, 0.3) is 0 Å². The van der Waals surface area contributed by atoms with Crippen LogP contribution in [0.3, 0.4) is 0 Å². The zero-order valence-corrected chi connectivity index (χ0v) is 12.0. The highest BCUT2D eigenvalue weighted by molar-refractivity contribution is 4.88.